The Morgan fingerprint density at radius 2 is 2.00 bits per heavy atom. The summed E-state index contributed by atoms with van der Waals surface area (Å²) in [5, 5.41) is 7.25. The van der Waals surface area contributed by atoms with Crippen LogP contribution in [-0.4, -0.2) is 25.2 Å². The summed E-state index contributed by atoms with van der Waals surface area (Å²) in [5.74, 6) is 0.810. The van der Waals surface area contributed by atoms with Gasteiger partial charge in [-0.15, -0.1) is 12.4 Å². The van der Waals surface area contributed by atoms with Gasteiger partial charge >= 0.3 is 0 Å². The van der Waals surface area contributed by atoms with Crippen LogP contribution in [0.1, 0.15) is 38.7 Å². The van der Waals surface area contributed by atoms with Gasteiger partial charge in [0.15, 0.2) is 0 Å². The molecule has 1 aromatic carbocycles. The maximum atomic E-state index is 3.76. The number of hydrogen-bond acceptors (Lipinski definition) is 2. The Hall–Kier alpha value is -0.570. The van der Waals surface area contributed by atoms with Crippen molar-refractivity contribution in [1.29, 1.82) is 0 Å². The van der Waals surface area contributed by atoms with E-state index in [-0.39, 0.29) is 17.9 Å². The molecule has 3 heteroatoms. The van der Waals surface area contributed by atoms with Gasteiger partial charge in [0.2, 0.25) is 0 Å². The second kappa shape index (κ2) is 8.66. The fourth-order valence-electron chi connectivity index (χ4n) is 2.71. The molecule has 0 amide bonds. The highest BCUT2D eigenvalue weighted by Gasteiger charge is 2.20. The van der Waals surface area contributed by atoms with Crippen molar-refractivity contribution in [1.82, 2.24) is 10.6 Å². The monoisotopic (exact) mass is 296 g/mol. The van der Waals surface area contributed by atoms with E-state index in [0.717, 1.165) is 18.9 Å². The first kappa shape index (κ1) is 17.5. The average molecular weight is 297 g/mol. The third-order valence-corrected chi connectivity index (χ3v) is 4.15. The van der Waals surface area contributed by atoms with E-state index >= 15 is 0 Å². The molecule has 0 aliphatic carbocycles. The molecule has 2 N–H and O–H groups in total. The van der Waals surface area contributed by atoms with E-state index < -0.39 is 0 Å². The molecule has 0 bridgehead atoms. The number of halogens is 1. The molecular formula is C17H29ClN2. The Labute approximate surface area is 130 Å². The third kappa shape index (κ3) is 6.25. The molecule has 1 heterocycles. The maximum Gasteiger partial charge on any atom is 0.0128 e. The van der Waals surface area contributed by atoms with E-state index in [1.54, 1.807) is 0 Å². The van der Waals surface area contributed by atoms with Gasteiger partial charge in [-0.2, -0.15) is 0 Å². The summed E-state index contributed by atoms with van der Waals surface area (Å²) in [7, 11) is 0. The van der Waals surface area contributed by atoms with E-state index in [4.69, 9.17) is 0 Å². The fourth-order valence-corrected chi connectivity index (χ4v) is 2.71. The van der Waals surface area contributed by atoms with Crippen LogP contribution in [0.4, 0.5) is 0 Å². The van der Waals surface area contributed by atoms with Crippen molar-refractivity contribution in [2.45, 2.75) is 45.1 Å². The highest BCUT2D eigenvalue weighted by Crippen LogP contribution is 2.15. The fraction of sp³-hybridized carbons (Fsp3) is 0.647. The predicted molar refractivity (Wildman–Crippen MR) is 89.7 cm³/mol. The number of piperidine rings is 1. The van der Waals surface area contributed by atoms with Crippen LogP contribution in [-0.2, 0) is 6.42 Å². The predicted octanol–water partition coefficient (Wildman–Crippen LogP) is 3.41. The van der Waals surface area contributed by atoms with Gasteiger partial charge < -0.3 is 10.6 Å². The largest absolute Gasteiger partial charge is 0.316 e. The minimum absolute atomic E-state index is 0. The zero-order chi connectivity index (χ0) is 13.6. The van der Waals surface area contributed by atoms with Crippen LogP contribution in [0.5, 0.6) is 0 Å². The molecule has 1 aliphatic heterocycles. The topological polar surface area (TPSA) is 24.1 Å². The quantitative estimate of drug-likeness (QED) is 0.841. The number of aryl methyl sites for hydroxylation is 1. The number of rotatable bonds is 6. The van der Waals surface area contributed by atoms with E-state index in [1.807, 2.05) is 0 Å². The molecule has 1 atom stereocenters. The van der Waals surface area contributed by atoms with Crippen molar-refractivity contribution < 1.29 is 0 Å². The first-order valence-electron chi connectivity index (χ1n) is 7.65. The summed E-state index contributed by atoms with van der Waals surface area (Å²) in [6.07, 6.45) is 5.05. The van der Waals surface area contributed by atoms with E-state index in [0.29, 0.717) is 0 Å². The van der Waals surface area contributed by atoms with Crippen molar-refractivity contribution in [2.75, 3.05) is 19.6 Å². The van der Waals surface area contributed by atoms with Crippen molar-refractivity contribution in [2.24, 2.45) is 5.92 Å². The lowest BCUT2D eigenvalue weighted by atomic mass is 9.93. The van der Waals surface area contributed by atoms with Gasteiger partial charge in [0.05, 0.1) is 0 Å². The molecule has 0 radical (unpaired) electrons. The van der Waals surface area contributed by atoms with Crippen LogP contribution >= 0.6 is 12.4 Å². The van der Waals surface area contributed by atoms with Crippen molar-refractivity contribution >= 4 is 12.4 Å². The first-order valence-corrected chi connectivity index (χ1v) is 7.65. The lowest BCUT2D eigenvalue weighted by Crippen LogP contribution is -2.45. The second-order valence-electron chi connectivity index (χ2n) is 6.46. The summed E-state index contributed by atoms with van der Waals surface area (Å²) in [5.41, 5.74) is 1.67. The van der Waals surface area contributed by atoms with Crippen LogP contribution in [0.2, 0.25) is 0 Å². The SMILES string of the molecule is CC(C)(CCc1ccccc1)NCC1CCCNC1.Cl. The second-order valence-corrected chi connectivity index (χ2v) is 6.46. The van der Waals surface area contributed by atoms with Crippen LogP contribution in [0.15, 0.2) is 30.3 Å². The highest BCUT2D eigenvalue weighted by atomic mass is 35.5. The van der Waals surface area contributed by atoms with Crippen LogP contribution in [0.25, 0.3) is 0 Å². The molecule has 20 heavy (non-hydrogen) atoms. The molecule has 1 aromatic rings. The minimum Gasteiger partial charge on any atom is -0.316 e. The Balaban J connectivity index is 0.00000200. The standard InChI is InChI=1S/C17H28N2.ClH/c1-17(2,11-10-15-7-4-3-5-8-15)19-14-16-9-6-12-18-13-16;/h3-5,7-8,16,18-19H,6,9-14H2,1-2H3;1H. The summed E-state index contributed by atoms with van der Waals surface area (Å²) in [6, 6.07) is 10.8. The van der Waals surface area contributed by atoms with Gasteiger partial charge in [-0.05, 0) is 70.6 Å². The third-order valence-electron chi connectivity index (χ3n) is 4.15. The summed E-state index contributed by atoms with van der Waals surface area (Å²) in [4.78, 5) is 0. The smallest absolute Gasteiger partial charge is 0.0128 e. The summed E-state index contributed by atoms with van der Waals surface area (Å²) >= 11 is 0. The Morgan fingerprint density at radius 1 is 1.25 bits per heavy atom. The summed E-state index contributed by atoms with van der Waals surface area (Å²) < 4.78 is 0. The Morgan fingerprint density at radius 3 is 2.65 bits per heavy atom. The van der Waals surface area contributed by atoms with Crippen LogP contribution in [0, 0.1) is 5.92 Å². The first-order chi connectivity index (χ1) is 9.16. The zero-order valence-electron chi connectivity index (χ0n) is 12.8. The number of benzene rings is 1. The molecule has 0 saturated carbocycles. The lowest BCUT2D eigenvalue weighted by Gasteiger charge is -2.31. The highest BCUT2D eigenvalue weighted by molar-refractivity contribution is 5.85. The van der Waals surface area contributed by atoms with Crippen molar-refractivity contribution in [3.8, 4) is 0 Å². The van der Waals surface area contributed by atoms with Crippen LogP contribution < -0.4 is 10.6 Å². The molecule has 1 unspecified atom stereocenters. The molecule has 0 aromatic heterocycles. The number of nitrogens with one attached hydrogen (secondary N) is 2. The lowest BCUT2D eigenvalue weighted by molar-refractivity contribution is 0.294. The Kier molecular flexibility index (Phi) is 7.57. The normalized spacial score (nSPS) is 19.4. The van der Waals surface area contributed by atoms with Gasteiger partial charge in [0.25, 0.3) is 0 Å². The molecule has 1 fully saturated rings. The minimum atomic E-state index is 0. The molecule has 114 valence electrons. The molecule has 1 aliphatic rings. The Bertz CT molecular complexity index is 359. The van der Waals surface area contributed by atoms with Gasteiger partial charge in [0.1, 0.15) is 0 Å². The average Bonchev–Trinajstić information content (AvgIpc) is 2.46. The van der Waals surface area contributed by atoms with Crippen molar-refractivity contribution in [3.63, 3.8) is 0 Å². The van der Waals surface area contributed by atoms with Gasteiger partial charge in [-0.3, -0.25) is 0 Å². The van der Waals surface area contributed by atoms with Gasteiger partial charge in [-0.1, -0.05) is 30.3 Å². The van der Waals surface area contributed by atoms with Crippen molar-refractivity contribution in [3.05, 3.63) is 35.9 Å². The zero-order valence-corrected chi connectivity index (χ0v) is 13.6. The van der Waals surface area contributed by atoms with E-state index in [9.17, 15) is 0 Å². The molecule has 1 saturated heterocycles. The summed E-state index contributed by atoms with van der Waals surface area (Å²) in [6.45, 7) is 8.18. The molecule has 2 nitrogen and oxygen atoms in total. The van der Waals surface area contributed by atoms with Gasteiger partial charge in [-0.25, -0.2) is 0 Å². The van der Waals surface area contributed by atoms with E-state index in [1.165, 1.54) is 37.9 Å². The van der Waals surface area contributed by atoms with Gasteiger partial charge in [0, 0.05) is 5.54 Å². The molecule has 2 rings (SSSR count). The van der Waals surface area contributed by atoms with Crippen LogP contribution in [0.3, 0.4) is 0 Å². The molecular weight excluding hydrogens is 268 g/mol. The van der Waals surface area contributed by atoms with E-state index in [2.05, 4.69) is 54.8 Å². The molecule has 0 spiro atoms. The maximum absolute atomic E-state index is 3.76. The number of hydrogen-bond donors (Lipinski definition) is 2.